The minimum atomic E-state index is -0.715. The number of nitrogens with two attached hydrogens (primary N) is 1. The van der Waals surface area contributed by atoms with Crippen LogP contribution >= 0.6 is 11.6 Å². The van der Waals surface area contributed by atoms with Gasteiger partial charge in [0, 0.05) is 5.02 Å². The molecule has 0 saturated carbocycles. The minimum absolute atomic E-state index is 0.0486. The first-order valence-electron chi connectivity index (χ1n) is 5.24. The number of carbonyl (C=O) groups is 1. The minimum Gasteiger partial charge on any atom is -0.465 e. The average molecular weight is 280 g/mol. The molecule has 0 saturated heterocycles. The Morgan fingerprint density at radius 3 is 2.84 bits per heavy atom. The van der Waals surface area contributed by atoms with E-state index in [4.69, 9.17) is 17.3 Å². The summed E-state index contributed by atoms with van der Waals surface area (Å²) in [5.41, 5.74) is 8.96. The lowest BCUT2D eigenvalue weighted by Crippen LogP contribution is -2.33. The maximum absolute atomic E-state index is 11.6. The van der Waals surface area contributed by atoms with Crippen molar-refractivity contribution in [1.29, 1.82) is 0 Å². The van der Waals surface area contributed by atoms with Gasteiger partial charge in [-0.15, -0.1) is 0 Å². The number of rotatable bonds is 2. The van der Waals surface area contributed by atoms with Crippen LogP contribution in [0, 0.1) is 0 Å². The van der Waals surface area contributed by atoms with E-state index in [1.165, 1.54) is 12.1 Å². The largest absolute Gasteiger partial charge is 0.465 e. The summed E-state index contributed by atoms with van der Waals surface area (Å²) in [6.45, 7) is 0. The fraction of sp³-hybridized carbons (Fsp3) is 0.0833. The molecule has 3 N–H and O–H groups in total. The molecule has 0 amide bonds. The van der Waals surface area contributed by atoms with Crippen LogP contribution in [0.4, 0.5) is 5.69 Å². The number of nitrogens with zero attached hydrogens (tertiary/aromatic N) is 1. The monoisotopic (exact) mass is 279 g/mol. The first kappa shape index (κ1) is 13.0. The van der Waals surface area contributed by atoms with E-state index in [9.17, 15) is 9.59 Å². The van der Waals surface area contributed by atoms with Crippen LogP contribution in [-0.2, 0) is 14.3 Å². The molecule has 1 aliphatic heterocycles. The van der Waals surface area contributed by atoms with Crippen molar-refractivity contribution in [2.75, 3.05) is 12.1 Å². The van der Waals surface area contributed by atoms with Gasteiger partial charge in [-0.3, -0.25) is 5.43 Å². The van der Waals surface area contributed by atoms with Crippen molar-refractivity contribution in [3.05, 3.63) is 46.4 Å². The van der Waals surface area contributed by atoms with Gasteiger partial charge < -0.3 is 10.5 Å². The van der Waals surface area contributed by atoms with E-state index < -0.39 is 5.97 Å². The van der Waals surface area contributed by atoms with Crippen molar-refractivity contribution in [2.24, 2.45) is 5.73 Å². The second-order valence-corrected chi connectivity index (χ2v) is 4.09. The first-order valence-corrected chi connectivity index (χ1v) is 5.62. The Labute approximate surface area is 114 Å². The van der Waals surface area contributed by atoms with Crippen LogP contribution in [0.5, 0.6) is 0 Å². The number of hydrogen-bond donors (Lipinski definition) is 2. The molecule has 0 bridgehead atoms. The van der Waals surface area contributed by atoms with E-state index >= 15 is 0 Å². The number of ether oxygens (including phenoxy) is 1. The smallest absolute Gasteiger partial charge is 0.344 e. The SMILES string of the molecule is COC(=O)C1=C(N)N(c2cccc(Cl)c2)NC1=C=O. The highest BCUT2D eigenvalue weighted by Gasteiger charge is 2.32. The molecule has 19 heavy (non-hydrogen) atoms. The molecular formula is C12H10ClN3O3. The van der Waals surface area contributed by atoms with Crippen molar-refractivity contribution in [3.8, 4) is 0 Å². The summed E-state index contributed by atoms with van der Waals surface area (Å²) in [4.78, 5) is 22.4. The molecule has 0 radical (unpaired) electrons. The van der Waals surface area contributed by atoms with Crippen molar-refractivity contribution in [1.82, 2.24) is 5.43 Å². The Kier molecular flexibility index (Phi) is 3.46. The Morgan fingerprint density at radius 2 is 2.26 bits per heavy atom. The van der Waals surface area contributed by atoms with Gasteiger partial charge in [-0.1, -0.05) is 17.7 Å². The highest BCUT2D eigenvalue weighted by molar-refractivity contribution is 6.30. The van der Waals surface area contributed by atoms with Crippen LogP contribution in [0.3, 0.4) is 0 Å². The number of esters is 1. The van der Waals surface area contributed by atoms with Gasteiger partial charge in [-0.05, 0) is 18.2 Å². The van der Waals surface area contributed by atoms with Gasteiger partial charge in [0.15, 0.2) is 11.6 Å². The molecule has 1 aliphatic rings. The quantitative estimate of drug-likeness (QED) is 0.613. The molecule has 0 aromatic heterocycles. The lowest BCUT2D eigenvalue weighted by molar-refractivity contribution is -0.135. The number of anilines is 1. The Balaban J connectivity index is 2.49. The van der Waals surface area contributed by atoms with E-state index in [0.29, 0.717) is 10.7 Å². The van der Waals surface area contributed by atoms with Crippen LogP contribution in [0.15, 0.2) is 41.4 Å². The zero-order valence-corrected chi connectivity index (χ0v) is 10.7. The molecule has 98 valence electrons. The molecule has 6 nitrogen and oxygen atoms in total. The Bertz CT molecular complexity index is 620. The van der Waals surface area contributed by atoms with Gasteiger partial charge in [0.1, 0.15) is 11.4 Å². The lowest BCUT2D eigenvalue weighted by Gasteiger charge is -2.19. The molecule has 0 unspecified atom stereocenters. The summed E-state index contributed by atoms with van der Waals surface area (Å²) < 4.78 is 4.58. The standard InChI is InChI=1S/C12H10ClN3O3/c1-19-12(18)10-9(6-17)15-16(11(10)14)8-4-2-3-7(13)5-8/h2-5,15H,14H2,1H3. The van der Waals surface area contributed by atoms with Crippen LogP contribution in [0.1, 0.15) is 0 Å². The van der Waals surface area contributed by atoms with Gasteiger partial charge in [0.05, 0.1) is 12.8 Å². The summed E-state index contributed by atoms with van der Waals surface area (Å²) in [5, 5.41) is 1.86. The third-order valence-corrected chi connectivity index (χ3v) is 2.76. The molecule has 0 spiro atoms. The van der Waals surface area contributed by atoms with Crippen molar-refractivity contribution in [3.63, 3.8) is 0 Å². The maximum Gasteiger partial charge on any atom is 0.344 e. The number of halogens is 1. The summed E-state index contributed by atoms with van der Waals surface area (Å²) in [7, 11) is 1.20. The van der Waals surface area contributed by atoms with Crippen LogP contribution in [0.25, 0.3) is 0 Å². The number of hydrazine groups is 1. The van der Waals surface area contributed by atoms with Gasteiger partial charge in [-0.25, -0.2) is 14.6 Å². The average Bonchev–Trinajstić information content (AvgIpc) is 2.75. The van der Waals surface area contributed by atoms with Crippen LogP contribution in [-0.4, -0.2) is 19.0 Å². The molecular weight excluding hydrogens is 270 g/mol. The molecule has 0 aliphatic carbocycles. The van der Waals surface area contributed by atoms with Gasteiger partial charge in [0.25, 0.3) is 0 Å². The molecule has 0 atom stereocenters. The number of methoxy groups -OCH3 is 1. The van der Waals surface area contributed by atoms with Crippen molar-refractivity contribution in [2.45, 2.75) is 0 Å². The highest BCUT2D eigenvalue weighted by Crippen LogP contribution is 2.27. The third-order valence-electron chi connectivity index (χ3n) is 2.53. The van der Waals surface area contributed by atoms with E-state index in [-0.39, 0.29) is 17.1 Å². The van der Waals surface area contributed by atoms with Crippen molar-refractivity contribution < 1.29 is 14.3 Å². The molecule has 1 heterocycles. The summed E-state index contributed by atoms with van der Waals surface area (Å²) >= 11 is 5.88. The molecule has 0 fully saturated rings. The van der Waals surface area contributed by atoms with E-state index in [1.54, 1.807) is 30.2 Å². The fourth-order valence-electron chi connectivity index (χ4n) is 1.67. The summed E-state index contributed by atoms with van der Waals surface area (Å²) in [6.07, 6.45) is 0. The predicted octanol–water partition coefficient (Wildman–Crippen LogP) is 0.723. The number of benzene rings is 1. The normalized spacial score (nSPS) is 14.2. The van der Waals surface area contributed by atoms with Gasteiger partial charge in [0.2, 0.25) is 0 Å². The molecule has 7 heteroatoms. The number of carbonyl (C=O) groups excluding carboxylic acids is 2. The van der Waals surface area contributed by atoms with Crippen molar-refractivity contribution >= 4 is 29.2 Å². The third kappa shape index (κ3) is 2.27. The predicted molar refractivity (Wildman–Crippen MR) is 69.5 cm³/mol. The fourth-order valence-corrected chi connectivity index (χ4v) is 1.85. The zero-order valence-electron chi connectivity index (χ0n) is 9.94. The van der Waals surface area contributed by atoms with E-state index in [1.807, 2.05) is 0 Å². The highest BCUT2D eigenvalue weighted by atomic mass is 35.5. The second kappa shape index (κ2) is 5.06. The summed E-state index contributed by atoms with van der Waals surface area (Å²) in [5.74, 6) is 0.950. The van der Waals surface area contributed by atoms with E-state index in [0.717, 1.165) is 0 Å². The molecule has 1 aromatic rings. The van der Waals surface area contributed by atoms with Gasteiger partial charge in [-0.2, -0.15) is 0 Å². The van der Waals surface area contributed by atoms with Crippen LogP contribution in [0.2, 0.25) is 5.02 Å². The lowest BCUT2D eigenvalue weighted by atomic mass is 10.2. The Morgan fingerprint density at radius 1 is 1.53 bits per heavy atom. The second-order valence-electron chi connectivity index (χ2n) is 3.66. The first-order chi connectivity index (χ1) is 9.08. The van der Waals surface area contributed by atoms with Gasteiger partial charge >= 0.3 is 5.97 Å². The summed E-state index contributed by atoms with van der Waals surface area (Å²) in [6, 6.07) is 6.75. The van der Waals surface area contributed by atoms with Crippen LogP contribution < -0.4 is 16.2 Å². The molecule has 2 rings (SSSR count). The maximum atomic E-state index is 11.6. The van der Waals surface area contributed by atoms with E-state index in [2.05, 4.69) is 10.2 Å². The Hall–Kier alpha value is -2.43. The molecule has 1 aromatic carbocycles. The number of nitrogens with one attached hydrogen (secondary N) is 1. The topological polar surface area (TPSA) is 84.7 Å². The number of hydrogen-bond acceptors (Lipinski definition) is 6. The zero-order chi connectivity index (χ0) is 14.0.